The molecule has 23 heavy (non-hydrogen) atoms. The van der Waals surface area contributed by atoms with Gasteiger partial charge in [-0.15, -0.1) is 0 Å². The molecule has 0 spiro atoms. The SMILES string of the molecule is O=C(C[C@@H]1NCC[C@H]1O)Cn1cnc2cc(Br)c(Cl)cc2c1=O. The zero-order chi connectivity index (χ0) is 16.6. The van der Waals surface area contributed by atoms with E-state index < -0.39 is 6.10 Å². The Morgan fingerprint density at radius 2 is 2.30 bits per heavy atom. The van der Waals surface area contributed by atoms with E-state index in [1.54, 1.807) is 12.1 Å². The van der Waals surface area contributed by atoms with E-state index in [-0.39, 0.29) is 30.3 Å². The average molecular weight is 401 g/mol. The number of nitrogens with zero attached hydrogens (tertiary/aromatic N) is 2. The van der Waals surface area contributed by atoms with Crippen LogP contribution in [0.2, 0.25) is 5.02 Å². The number of ketones is 1. The molecule has 3 rings (SSSR count). The Labute approximate surface area is 145 Å². The quantitative estimate of drug-likeness (QED) is 0.812. The van der Waals surface area contributed by atoms with Gasteiger partial charge in [0.15, 0.2) is 5.78 Å². The second-order valence-corrected chi connectivity index (χ2v) is 6.88. The lowest BCUT2D eigenvalue weighted by atomic mass is 10.1. The van der Waals surface area contributed by atoms with Crippen molar-refractivity contribution in [3.8, 4) is 0 Å². The van der Waals surface area contributed by atoms with E-state index in [1.807, 2.05) is 0 Å². The van der Waals surface area contributed by atoms with Crippen LogP contribution in [0.4, 0.5) is 0 Å². The van der Waals surface area contributed by atoms with Gasteiger partial charge in [-0.1, -0.05) is 11.6 Å². The molecule has 1 aliphatic heterocycles. The van der Waals surface area contributed by atoms with Crippen LogP contribution in [0, 0.1) is 0 Å². The predicted octanol–water partition coefficient (Wildman–Crippen LogP) is 1.49. The second-order valence-electron chi connectivity index (χ2n) is 5.62. The largest absolute Gasteiger partial charge is 0.391 e. The number of nitrogens with one attached hydrogen (secondary N) is 1. The number of carbonyl (C=O) groups excluding carboxylic acids is 1. The summed E-state index contributed by atoms with van der Waals surface area (Å²) in [6, 6.07) is 2.97. The van der Waals surface area contributed by atoms with Gasteiger partial charge < -0.3 is 10.4 Å². The fourth-order valence-electron chi connectivity index (χ4n) is 2.73. The van der Waals surface area contributed by atoms with Gasteiger partial charge in [-0.2, -0.15) is 0 Å². The van der Waals surface area contributed by atoms with Crippen molar-refractivity contribution in [3.63, 3.8) is 0 Å². The van der Waals surface area contributed by atoms with Crippen molar-refractivity contribution in [2.24, 2.45) is 0 Å². The van der Waals surface area contributed by atoms with Crippen molar-refractivity contribution >= 4 is 44.2 Å². The van der Waals surface area contributed by atoms with E-state index in [0.717, 1.165) is 0 Å². The van der Waals surface area contributed by atoms with Crippen molar-refractivity contribution < 1.29 is 9.90 Å². The van der Waals surface area contributed by atoms with Crippen LogP contribution in [0.15, 0.2) is 27.7 Å². The second kappa shape index (κ2) is 6.68. The highest BCUT2D eigenvalue weighted by atomic mass is 79.9. The van der Waals surface area contributed by atoms with Gasteiger partial charge in [-0.25, -0.2) is 4.98 Å². The Morgan fingerprint density at radius 3 is 3.00 bits per heavy atom. The van der Waals surface area contributed by atoms with Gasteiger partial charge in [0, 0.05) is 16.9 Å². The van der Waals surface area contributed by atoms with E-state index in [2.05, 4.69) is 26.2 Å². The molecule has 122 valence electrons. The molecule has 1 saturated heterocycles. The molecular weight excluding hydrogens is 386 g/mol. The highest BCUT2D eigenvalue weighted by Crippen LogP contribution is 2.25. The monoisotopic (exact) mass is 399 g/mol. The van der Waals surface area contributed by atoms with Gasteiger partial charge >= 0.3 is 0 Å². The average Bonchev–Trinajstić information content (AvgIpc) is 2.89. The number of halogens is 2. The fraction of sp³-hybridized carbons (Fsp3) is 0.400. The Morgan fingerprint density at radius 1 is 1.52 bits per heavy atom. The Hall–Kier alpha value is -1.28. The lowest BCUT2D eigenvalue weighted by Crippen LogP contribution is -2.34. The highest BCUT2D eigenvalue weighted by molar-refractivity contribution is 9.10. The number of benzene rings is 1. The van der Waals surface area contributed by atoms with Crippen LogP contribution < -0.4 is 10.9 Å². The lowest BCUT2D eigenvalue weighted by molar-refractivity contribution is -0.120. The zero-order valence-corrected chi connectivity index (χ0v) is 14.5. The van der Waals surface area contributed by atoms with Gasteiger partial charge in [-0.3, -0.25) is 14.2 Å². The van der Waals surface area contributed by atoms with Crippen LogP contribution in [0.1, 0.15) is 12.8 Å². The molecular formula is C15H15BrClN3O3. The number of hydrogen-bond donors (Lipinski definition) is 2. The topological polar surface area (TPSA) is 84.2 Å². The molecule has 1 aromatic carbocycles. The first-order valence-electron chi connectivity index (χ1n) is 7.23. The van der Waals surface area contributed by atoms with Gasteiger partial charge in [-0.05, 0) is 41.0 Å². The third-order valence-electron chi connectivity index (χ3n) is 3.97. The molecule has 0 aliphatic carbocycles. The maximum absolute atomic E-state index is 12.5. The molecule has 2 aromatic rings. The summed E-state index contributed by atoms with van der Waals surface area (Å²) < 4.78 is 1.93. The summed E-state index contributed by atoms with van der Waals surface area (Å²) in [5.74, 6) is -0.130. The first-order valence-corrected chi connectivity index (χ1v) is 8.40. The van der Waals surface area contributed by atoms with Crippen molar-refractivity contribution in [1.29, 1.82) is 0 Å². The molecule has 0 saturated carbocycles. The molecule has 1 fully saturated rings. The number of aromatic nitrogens is 2. The minimum absolute atomic E-state index is 0.0691. The smallest absolute Gasteiger partial charge is 0.261 e. The third kappa shape index (κ3) is 3.47. The number of carbonyl (C=O) groups is 1. The number of aliphatic hydroxyl groups is 1. The minimum atomic E-state index is -0.512. The van der Waals surface area contributed by atoms with E-state index in [9.17, 15) is 14.7 Å². The zero-order valence-electron chi connectivity index (χ0n) is 12.1. The van der Waals surface area contributed by atoms with Crippen LogP contribution in [0.3, 0.4) is 0 Å². The number of fused-ring (bicyclic) bond motifs is 1. The van der Waals surface area contributed by atoms with Crippen LogP contribution in [-0.2, 0) is 11.3 Å². The van der Waals surface area contributed by atoms with Crippen molar-refractivity contribution in [1.82, 2.24) is 14.9 Å². The summed E-state index contributed by atoms with van der Waals surface area (Å²) in [7, 11) is 0. The summed E-state index contributed by atoms with van der Waals surface area (Å²) in [4.78, 5) is 28.8. The van der Waals surface area contributed by atoms with Crippen molar-refractivity contribution in [2.45, 2.75) is 31.5 Å². The van der Waals surface area contributed by atoms with E-state index >= 15 is 0 Å². The maximum atomic E-state index is 12.5. The van der Waals surface area contributed by atoms with Crippen LogP contribution in [0.25, 0.3) is 10.9 Å². The van der Waals surface area contributed by atoms with Gasteiger partial charge in [0.1, 0.15) is 0 Å². The highest BCUT2D eigenvalue weighted by Gasteiger charge is 2.26. The molecule has 0 bridgehead atoms. The minimum Gasteiger partial charge on any atom is -0.391 e. The molecule has 0 amide bonds. The van der Waals surface area contributed by atoms with Gasteiger partial charge in [0.05, 0.1) is 34.9 Å². The summed E-state index contributed by atoms with van der Waals surface area (Å²) >= 11 is 9.31. The Balaban J connectivity index is 1.83. The lowest BCUT2D eigenvalue weighted by Gasteiger charge is -2.14. The molecule has 6 nitrogen and oxygen atoms in total. The molecule has 0 radical (unpaired) electrons. The van der Waals surface area contributed by atoms with Crippen LogP contribution in [-0.4, -0.2) is 39.1 Å². The predicted molar refractivity (Wildman–Crippen MR) is 90.8 cm³/mol. The molecule has 0 unspecified atom stereocenters. The summed E-state index contributed by atoms with van der Waals surface area (Å²) in [6.45, 7) is 0.629. The molecule has 8 heteroatoms. The van der Waals surface area contributed by atoms with Crippen molar-refractivity contribution in [3.05, 3.63) is 38.3 Å². The first kappa shape index (κ1) is 16.6. The third-order valence-corrected chi connectivity index (χ3v) is 5.17. The molecule has 2 N–H and O–H groups in total. The van der Waals surface area contributed by atoms with Crippen molar-refractivity contribution in [2.75, 3.05) is 6.54 Å². The number of aliphatic hydroxyl groups excluding tert-OH is 1. The van der Waals surface area contributed by atoms with E-state index in [0.29, 0.717) is 33.4 Å². The first-order chi connectivity index (χ1) is 11.0. The fourth-order valence-corrected chi connectivity index (χ4v) is 3.22. The van der Waals surface area contributed by atoms with Crippen LogP contribution >= 0.6 is 27.5 Å². The number of hydrogen-bond acceptors (Lipinski definition) is 5. The molecule has 2 heterocycles. The molecule has 2 atom stereocenters. The Kier molecular flexibility index (Phi) is 4.82. The molecule has 1 aromatic heterocycles. The Bertz CT molecular complexity index is 823. The maximum Gasteiger partial charge on any atom is 0.261 e. The summed E-state index contributed by atoms with van der Waals surface area (Å²) in [5, 5.41) is 13.6. The van der Waals surface area contributed by atoms with E-state index in [4.69, 9.17) is 11.6 Å². The summed E-state index contributed by atoms with van der Waals surface area (Å²) in [5.41, 5.74) is 0.209. The normalized spacial score (nSPS) is 21.0. The number of rotatable bonds is 4. The van der Waals surface area contributed by atoms with Crippen LogP contribution in [0.5, 0.6) is 0 Å². The molecule has 1 aliphatic rings. The summed E-state index contributed by atoms with van der Waals surface area (Å²) in [6.07, 6.45) is 1.68. The van der Waals surface area contributed by atoms with E-state index in [1.165, 1.54) is 10.9 Å². The van der Waals surface area contributed by atoms with Gasteiger partial charge in [0.2, 0.25) is 0 Å². The standard InChI is InChI=1S/C15H15BrClN3O3/c16-10-5-12-9(4-11(10)17)15(23)20(7-19-12)6-8(21)3-13-14(22)1-2-18-13/h4-5,7,13-14,18,22H,1-3,6H2/t13-,14+/m0/s1. The number of Topliss-reactive ketones (excluding diaryl/α,β-unsaturated/α-hetero) is 1. The van der Waals surface area contributed by atoms with Gasteiger partial charge in [0.25, 0.3) is 5.56 Å².